The Morgan fingerprint density at radius 1 is 0.344 bits per heavy atom. The van der Waals surface area contributed by atoms with Gasteiger partial charge in [0.05, 0.1) is 11.0 Å². The zero-order valence-corrected chi connectivity index (χ0v) is 34.9. The summed E-state index contributed by atoms with van der Waals surface area (Å²) in [7, 11) is -2.10. The Morgan fingerprint density at radius 3 is 1.51 bits per heavy atom. The van der Waals surface area contributed by atoms with Crippen molar-refractivity contribution in [2.75, 3.05) is 0 Å². The zero-order chi connectivity index (χ0) is 40.4. The molecule has 0 fully saturated rings. The van der Waals surface area contributed by atoms with Crippen molar-refractivity contribution >= 4 is 83.7 Å². The lowest BCUT2D eigenvalue weighted by molar-refractivity contribution is 0.669. The Hall–Kier alpha value is -7.46. The van der Waals surface area contributed by atoms with Gasteiger partial charge < -0.3 is 8.98 Å². The highest BCUT2D eigenvalue weighted by Crippen LogP contribution is 2.41. The smallest absolute Gasteiger partial charge is 0.135 e. The van der Waals surface area contributed by atoms with E-state index in [9.17, 15) is 0 Å². The van der Waals surface area contributed by atoms with Crippen LogP contribution in [0.5, 0.6) is 0 Å². The van der Waals surface area contributed by atoms with Crippen molar-refractivity contribution in [3.8, 4) is 50.2 Å². The van der Waals surface area contributed by atoms with Crippen molar-refractivity contribution < 1.29 is 4.42 Å². The Bertz CT molecular complexity index is 3660. The molecule has 2 nitrogen and oxygen atoms in total. The van der Waals surface area contributed by atoms with Crippen molar-refractivity contribution in [3.63, 3.8) is 0 Å². The number of rotatable bonds is 4. The molecule has 0 spiro atoms. The van der Waals surface area contributed by atoms with Crippen LogP contribution >= 0.6 is 0 Å². The minimum absolute atomic E-state index is 0.931. The van der Waals surface area contributed by atoms with Crippen LogP contribution in [0.2, 0.25) is 13.1 Å². The first-order valence-electron chi connectivity index (χ1n) is 21.2. The van der Waals surface area contributed by atoms with Gasteiger partial charge in [0.1, 0.15) is 19.2 Å². The normalized spacial score (nSPS) is 13.2. The van der Waals surface area contributed by atoms with E-state index >= 15 is 0 Å². The standard InChI is InChI=1S/C58H39NOSi/c1-61(2)57-34-39(38-24-30-56-52(31-38)47-17-7-8-20-55(47)60-56)21-26-48(57)49-27-25-42(35-58(49)61)59-53-28-22-40(45-18-9-13-36-11-3-5-15-43(36)45)32-50(53)51-33-41(23-29-54(51)59)46-19-10-14-37-12-4-6-16-44(37)46/h3-35H,1-2H3. The molecule has 2 aromatic heterocycles. The van der Waals surface area contributed by atoms with Crippen LogP contribution in [0.1, 0.15) is 0 Å². The average Bonchev–Trinajstić information content (AvgIpc) is 3.92. The second kappa shape index (κ2) is 12.8. The first kappa shape index (κ1) is 34.4. The Balaban J connectivity index is 0.975. The van der Waals surface area contributed by atoms with Gasteiger partial charge in [0.2, 0.25) is 0 Å². The van der Waals surface area contributed by atoms with Gasteiger partial charge in [-0.15, -0.1) is 0 Å². The number of nitrogens with zero attached hydrogens (tertiary/aromatic N) is 1. The number of hydrogen-bond donors (Lipinski definition) is 0. The summed E-state index contributed by atoms with van der Waals surface area (Å²) in [5.41, 5.74) is 15.7. The fraction of sp³-hybridized carbons (Fsp3) is 0.0345. The van der Waals surface area contributed by atoms with Gasteiger partial charge in [-0.3, -0.25) is 0 Å². The molecule has 61 heavy (non-hydrogen) atoms. The first-order valence-corrected chi connectivity index (χ1v) is 24.2. The molecule has 12 aromatic rings. The van der Waals surface area contributed by atoms with E-state index in [4.69, 9.17) is 4.42 Å². The number of benzene rings is 10. The second-order valence-corrected chi connectivity index (χ2v) is 21.6. The fourth-order valence-corrected chi connectivity index (χ4v) is 13.6. The molecule has 0 unspecified atom stereocenters. The van der Waals surface area contributed by atoms with Crippen molar-refractivity contribution in [2.45, 2.75) is 13.1 Å². The molecule has 3 heterocycles. The average molecular weight is 794 g/mol. The molecule has 0 saturated heterocycles. The predicted octanol–water partition coefficient (Wildman–Crippen LogP) is 14.8. The highest BCUT2D eigenvalue weighted by atomic mass is 28.3. The van der Waals surface area contributed by atoms with E-state index in [0.29, 0.717) is 0 Å². The maximum atomic E-state index is 6.18. The zero-order valence-electron chi connectivity index (χ0n) is 33.9. The Kier molecular flexibility index (Phi) is 7.20. The molecule has 13 rings (SSSR count). The third kappa shape index (κ3) is 5.08. The fourth-order valence-electron chi connectivity index (χ4n) is 10.5. The molecule has 3 heteroatoms. The summed E-state index contributed by atoms with van der Waals surface area (Å²) in [6.45, 7) is 5.05. The molecule has 0 amide bonds. The molecule has 0 saturated carbocycles. The maximum Gasteiger partial charge on any atom is 0.135 e. The van der Waals surface area contributed by atoms with Crippen LogP contribution in [0.15, 0.2) is 205 Å². The predicted molar refractivity (Wildman–Crippen MR) is 262 cm³/mol. The molecule has 1 aliphatic rings. The van der Waals surface area contributed by atoms with Crippen molar-refractivity contribution in [3.05, 3.63) is 200 Å². The highest BCUT2D eigenvalue weighted by Gasteiger charge is 2.38. The summed E-state index contributed by atoms with van der Waals surface area (Å²) in [6.07, 6.45) is 0. The van der Waals surface area contributed by atoms with Crippen LogP contribution in [0, 0.1) is 0 Å². The molecule has 286 valence electrons. The van der Waals surface area contributed by atoms with E-state index < -0.39 is 8.07 Å². The van der Waals surface area contributed by atoms with Crippen LogP contribution in [0.4, 0.5) is 0 Å². The number of aromatic nitrogens is 1. The molecule has 0 bridgehead atoms. The van der Waals surface area contributed by atoms with E-state index in [1.54, 1.807) is 0 Å². The first-order chi connectivity index (χ1) is 30.0. The third-order valence-corrected chi connectivity index (χ3v) is 17.1. The summed E-state index contributed by atoms with van der Waals surface area (Å²) >= 11 is 0. The molecular weight excluding hydrogens is 755 g/mol. The number of fused-ring (bicyclic) bond motifs is 11. The van der Waals surface area contributed by atoms with E-state index in [1.807, 2.05) is 6.07 Å². The summed E-state index contributed by atoms with van der Waals surface area (Å²) in [6, 6.07) is 74.3. The SMILES string of the molecule is C[Si]1(C)c2cc(-c3ccc4oc5ccccc5c4c3)ccc2-c2ccc(-n3c4ccc(-c5cccc6ccccc56)cc4c4cc(-c5cccc6ccccc56)ccc43)cc21. The van der Waals surface area contributed by atoms with Gasteiger partial charge >= 0.3 is 0 Å². The lowest BCUT2D eigenvalue weighted by atomic mass is 9.95. The van der Waals surface area contributed by atoms with E-state index in [0.717, 1.165) is 21.9 Å². The summed E-state index contributed by atoms with van der Waals surface area (Å²) in [5.74, 6) is 0. The van der Waals surface area contributed by atoms with Crippen molar-refractivity contribution in [2.24, 2.45) is 0 Å². The maximum absolute atomic E-state index is 6.18. The lowest BCUT2D eigenvalue weighted by Crippen LogP contribution is -2.49. The summed E-state index contributed by atoms with van der Waals surface area (Å²) in [4.78, 5) is 0. The minimum Gasteiger partial charge on any atom is -0.456 e. The monoisotopic (exact) mass is 793 g/mol. The number of furan rings is 1. The van der Waals surface area contributed by atoms with Gasteiger partial charge in [0.25, 0.3) is 0 Å². The molecule has 0 radical (unpaired) electrons. The molecule has 1 aliphatic heterocycles. The quantitative estimate of drug-likeness (QED) is 0.162. The van der Waals surface area contributed by atoms with Gasteiger partial charge in [0.15, 0.2) is 0 Å². The summed E-state index contributed by atoms with van der Waals surface area (Å²) < 4.78 is 8.68. The van der Waals surface area contributed by atoms with E-state index in [2.05, 4.69) is 212 Å². The van der Waals surface area contributed by atoms with Gasteiger partial charge in [-0.1, -0.05) is 159 Å². The van der Waals surface area contributed by atoms with Crippen LogP contribution in [0.25, 0.3) is 115 Å². The topological polar surface area (TPSA) is 18.1 Å². The van der Waals surface area contributed by atoms with Gasteiger partial charge in [0, 0.05) is 27.2 Å². The molecule has 0 N–H and O–H groups in total. The molecular formula is C58H39NOSi. The van der Waals surface area contributed by atoms with Gasteiger partial charge in [-0.05, 0) is 131 Å². The largest absolute Gasteiger partial charge is 0.456 e. The van der Waals surface area contributed by atoms with Crippen LogP contribution in [0.3, 0.4) is 0 Å². The van der Waals surface area contributed by atoms with E-state index in [-0.39, 0.29) is 0 Å². The minimum atomic E-state index is -2.10. The van der Waals surface area contributed by atoms with E-state index in [1.165, 1.54) is 104 Å². The van der Waals surface area contributed by atoms with Crippen LogP contribution in [-0.2, 0) is 0 Å². The van der Waals surface area contributed by atoms with Crippen LogP contribution in [-0.4, -0.2) is 12.6 Å². The second-order valence-electron chi connectivity index (χ2n) is 17.3. The third-order valence-electron chi connectivity index (χ3n) is 13.6. The number of para-hydroxylation sites is 1. The lowest BCUT2D eigenvalue weighted by Gasteiger charge is -2.20. The molecule has 0 atom stereocenters. The molecule has 10 aromatic carbocycles. The highest BCUT2D eigenvalue weighted by molar-refractivity contribution is 7.03. The van der Waals surface area contributed by atoms with Gasteiger partial charge in [-0.25, -0.2) is 0 Å². The van der Waals surface area contributed by atoms with Crippen molar-refractivity contribution in [1.29, 1.82) is 0 Å². The summed E-state index contributed by atoms with van der Waals surface area (Å²) in [5, 5.41) is 12.9. The van der Waals surface area contributed by atoms with Gasteiger partial charge in [-0.2, -0.15) is 0 Å². The number of hydrogen-bond acceptors (Lipinski definition) is 1. The van der Waals surface area contributed by atoms with Crippen molar-refractivity contribution in [1.82, 2.24) is 4.57 Å². The Morgan fingerprint density at radius 2 is 0.836 bits per heavy atom. The Labute approximate surface area is 354 Å². The van der Waals surface area contributed by atoms with Crippen LogP contribution < -0.4 is 10.4 Å². The molecule has 0 aliphatic carbocycles.